The predicted octanol–water partition coefficient (Wildman–Crippen LogP) is 3.79. The van der Waals surface area contributed by atoms with Gasteiger partial charge in [-0.25, -0.2) is 4.68 Å². The Labute approximate surface area is 129 Å². The van der Waals surface area contributed by atoms with Gasteiger partial charge in [0.1, 0.15) is 5.03 Å². The SMILES string of the molecule is Cc1cc(C)cc(-n2nc(C(C)C)cc2SCC(=O)O)c1. The molecule has 4 nitrogen and oxygen atoms in total. The zero-order valence-electron chi connectivity index (χ0n) is 12.8. The average molecular weight is 304 g/mol. The molecule has 1 aromatic heterocycles. The summed E-state index contributed by atoms with van der Waals surface area (Å²) in [7, 11) is 0. The number of nitrogens with zero attached hydrogens (tertiary/aromatic N) is 2. The number of aryl methyl sites for hydroxylation is 2. The molecule has 0 amide bonds. The van der Waals surface area contributed by atoms with Crippen LogP contribution in [0.4, 0.5) is 0 Å². The Bertz CT molecular complexity index is 642. The third-order valence-electron chi connectivity index (χ3n) is 3.08. The Morgan fingerprint density at radius 1 is 1.24 bits per heavy atom. The number of carboxylic acid groups (broad SMARTS) is 1. The highest BCUT2D eigenvalue weighted by Crippen LogP contribution is 2.27. The number of hydrogen-bond donors (Lipinski definition) is 1. The van der Waals surface area contributed by atoms with Crippen LogP contribution in [0.2, 0.25) is 0 Å². The maximum Gasteiger partial charge on any atom is 0.313 e. The molecule has 0 saturated carbocycles. The second-order valence-electron chi connectivity index (χ2n) is 5.50. The van der Waals surface area contributed by atoms with Crippen LogP contribution < -0.4 is 0 Å². The van der Waals surface area contributed by atoms with Gasteiger partial charge in [0.05, 0.1) is 17.1 Å². The van der Waals surface area contributed by atoms with Gasteiger partial charge in [0.15, 0.2) is 0 Å². The maximum absolute atomic E-state index is 10.8. The number of hydrogen-bond acceptors (Lipinski definition) is 3. The van der Waals surface area contributed by atoms with Gasteiger partial charge in [0.25, 0.3) is 0 Å². The van der Waals surface area contributed by atoms with Crippen LogP contribution >= 0.6 is 11.8 Å². The zero-order valence-corrected chi connectivity index (χ0v) is 13.6. The monoisotopic (exact) mass is 304 g/mol. The van der Waals surface area contributed by atoms with Crippen molar-refractivity contribution >= 4 is 17.7 Å². The topological polar surface area (TPSA) is 55.1 Å². The molecule has 2 aromatic rings. The van der Waals surface area contributed by atoms with Crippen molar-refractivity contribution < 1.29 is 9.90 Å². The molecule has 0 fully saturated rings. The molecule has 0 aliphatic carbocycles. The van der Waals surface area contributed by atoms with Gasteiger partial charge in [0, 0.05) is 0 Å². The van der Waals surface area contributed by atoms with E-state index in [9.17, 15) is 4.79 Å². The Morgan fingerprint density at radius 3 is 2.38 bits per heavy atom. The van der Waals surface area contributed by atoms with Crippen molar-refractivity contribution in [3.63, 3.8) is 0 Å². The molecule has 0 unspecified atom stereocenters. The lowest BCUT2D eigenvalue weighted by atomic mass is 10.1. The van der Waals surface area contributed by atoms with Crippen molar-refractivity contribution in [3.8, 4) is 5.69 Å². The number of aromatic nitrogens is 2. The van der Waals surface area contributed by atoms with E-state index in [-0.39, 0.29) is 5.75 Å². The molecular weight excluding hydrogens is 284 g/mol. The van der Waals surface area contributed by atoms with E-state index >= 15 is 0 Å². The highest BCUT2D eigenvalue weighted by molar-refractivity contribution is 7.99. The van der Waals surface area contributed by atoms with Crippen molar-refractivity contribution in [1.82, 2.24) is 9.78 Å². The fourth-order valence-corrected chi connectivity index (χ4v) is 2.90. The van der Waals surface area contributed by atoms with E-state index in [0.717, 1.165) is 16.4 Å². The summed E-state index contributed by atoms with van der Waals surface area (Å²) in [5.74, 6) is -0.478. The first-order chi connectivity index (χ1) is 9.86. The molecule has 0 atom stereocenters. The summed E-state index contributed by atoms with van der Waals surface area (Å²) in [6, 6.07) is 8.22. The third kappa shape index (κ3) is 3.88. The van der Waals surface area contributed by atoms with Crippen LogP contribution in [0, 0.1) is 13.8 Å². The highest BCUT2D eigenvalue weighted by atomic mass is 32.2. The molecule has 1 N–H and O–H groups in total. The van der Waals surface area contributed by atoms with Gasteiger partial charge in [-0.05, 0) is 49.1 Å². The molecule has 0 aliphatic heterocycles. The maximum atomic E-state index is 10.8. The smallest absolute Gasteiger partial charge is 0.313 e. The molecule has 0 bridgehead atoms. The van der Waals surface area contributed by atoms with Crippen molar-refractivity contribution in [1.29, 1.82) is 0 Å². The molecular formula is C16H20N2O2S. The predicted molar refractivity (Wildman–Crippen MR) is 85.5 cm³/mol. The quantitative estimate of drug-likeness (QED) is 0.854. The molecule has 5 heteroatoms. The Balaban J connectivity index is 2.46. The van der Waals surface area contributed by atoms with Crippen LogP contribution in [-0.2, 0) is 4.79 Å². The van der Waals surface area contributed by atoms with E-state index in [2.05, 4.69) is 37.1 Å². The molecule has 2 rings (SSSR count). The van der Waals surface area contributed by atoms with Crippen LogP contribution in [-0.4, -0.2) is 26.6 Å². The van der Waals surface area contributed by atoms with Crippen molar-refractivity contribution in [2.24, 2.45) is 0 Å². The fraction of sp³-hybridized carbons (Fsp3) is 0.375. The number of benzene rings is 1. The van der Waals surface area contributed by atoms with Gasteiger partial charge < -0.3 is 5.11 Å². The Kier molecular flexibility index (Phi) is 4.73. The van der Waals surface area contributed by atoms with Crippen LogP contribution in [0.1, 0.15) is 36.6 Å². The summed E-state index contributed by atoms with van der Waals surface area (Å²) >= 11 is 1.30. The van der Waals surface area contributed by atoms with E-state index in [4.69, 9.17) is 5.11 Å². The lowest BCUT2D eigenvalue weighted by Crippen LogP contribution is -2.03. The second kappa shape index (κ2) is 6.35. The van der Waals surface area contributed by atoms with Crippen LogP contribution in [0.25, 0.3) is 5.69 Å². The van der Waals surface area contributed by atoms with E-state index in [0.29, 0.717) is 5.92 Å². The lowest BCUT2D eigenvalue weighted by Gasteiger charge is -2.08. The lowest BCUT2D eigenvalue weighted by molar-refractivity contribution is -0.133. The minimum absolute atomic E-state index is 0.0357. The fourth-order valence-electron chi connectivity index (χ4n) is 2.16. The van der Waals surface area contributed by atoms with Crippen molar-refractivity contribution in [3.05, 3.63) is 41.1 Å². The largest absolute Gasteiger partial charge is 0.481 e. The van der Waals surface area contributed by atoms with Gasteiger partial charge in [-0.3, -0.25) is 4.79 Å². The molecule has 112 valence electrons. The third-order valence-corrected chi connectivity index (χ3v) is 4.06. The van der Waals surface area contributed by atoms with Crippen molar-refractivity contribution in [2.45, 2.75) is 38.6 Å². The van der Waals surface area contributed by atoms with Gasteiger partial charge in [-0.1, -0.05) is 31.7 Å². The second-order valence-corrected chi connectivity index (χ2v) is 6.50. The number of rotatable bonds is 5. The van der Waals surface area contributed by atoms with E-state index < -0.39 is 5.97 Å². The summed E-state index contributed by atoms with van der Waals surface area (Å²) < 4.78 is 1.85. The summed E-state index contributed by atoms with van der Waals surface area (Å²) in [6.07, 6.45) is 0. The van der Waals surface area contributed by atoms with Gasteiger partial charge in [-0.15, -0.1) is 0 Å². The summed E-state index contributed by atoms with van der Waals surface area (Å²) in [5, 5.41) is 14.4. The summed E-state index contributed by atoms with van der Waals surface area (Å²) in [4.78, 5) is 10.8. The summed E-state index contributed by atoms with van der Waals surface area (Å²) in [6.45, 7) is 8.26. The molecule has 0 spiro atoms. The Morgan fingerprint density at radius 2 is 1.86 bits per heavy atom. The number of thioether (sulfide) groups is 1. The first-order valence-corrected chi connectivity index (χ1v) is 7.88. The first-order valence-electron chi connectivity index (χ1n) is 6.90. The number of carboxylic acids is 1. The van der Waals surface area contributed by atoms with E-state index in [1.54, 1.807) is 0 Å². The van der Waals surface area contributed by atoms with Crippen LogP contribution in [0.15, 0.2) is 29.3 Å². The van der Waals surface area contributed by atoms with Crippen LogP contribution in [0.3, 0.4) is 0 Å². The first kappa shape index (κ1) is 15.6. The van der Waals surface area contributed by atoms with Gasteiger partial charge in [-0.2, -0.15) is 5.10 Å². The minimum Gasteiger partial charge on any atom is -0.481 e. The molecule has 0 saturated heterocycles. The van der Waals surface area contributed by atoms with Crippen LogP contribution in [0.5, 0.6) is 0 Å². The minimum atomic E-state index is -0.820. The summed E-state index contributed by atoms with van der Waals surface area (Å²) in [5.41, 5.74) is 4.29. The number of aliphatic carboxylic acids is 1. The van der Waals surface area contributed by atoms with E-state index in [1.807, 2.05) is 24.6 Å². The molecule has 1 aromatic carbocycles. The average Bonchev–Trinajstić information content (AvgIpc) is 2.79. The van der Waals surface area contributed by atoms with Gasteiger partial charge in [0.2, 0.25) is 0 Å². The molecule has 21 heavy (non-hydrogen) atoms. The molecule has 0 aliphatic rings. The normalized spacial score (nSPS) is 11.1. The number of carbonyl (C=O) groups is 1. The van der Waals surface area contributed by atoms with Gasteiger partial charge >= 0.3 is 5.97 Å². The molecule has 1 heterocycles. The van der Waals surface area contributed by atoms with E-state index in [1.165, 1.54) is 22.9 Å². The standard InChI is InChI=1S/C16H20N2O2S/c1-10(2)14-8-15(21-9-16(19)20)18(17-14)13-6-11(3)5-12(4)7-13/h5-8,10H,9H2,1-4H3,(H,19,20). The molecule has 0 radical (unpaired) electrons. The Hall–Kier alpha value is -1.75. The zero-order chi connectivity index (χ0) is 15.6. The van der Waals surface area contributed by atoms with Crippen molar-refractivity contribution in [2.75, 3.05) is 5.75 Å². The highest BCUT2D eigenvalue weighted by Gasteiger charge is 2.14.